The van der Waals surface area contributed by atoms with E-state index in [-0.39, 0.29) is 5.69 Å². The van der Waals surface area contributed by atoms with Crippen LogP contribution in [0.4, 0.5) is 0 Å². The maximum atomic E-state index is 11.0. The van der Waals surface area contributed by atoms with Gasteiger partial charge in [-0.3, -0.25) is 0 Å². The van der Waals surface area contributed by atoms with Crippen molar-refractivity contribution < 1.29 is 19.4 Å². The molecule has 2 N–H and O–H groups in total. The van der Waals surface area contributed by atoms with Gasteiger partial charge in [0.25, 0.3) is 0 Å². The van der Waals surface area contributed by atoms with Crippen LogP contribution in [-0.4, -0.2) is 23.2 Å². The lowest BCUT2D eigenvalue weighted by molar-refractivity contribution is 0.0691. The van der Waals surface area contributed by atoms with Gasteiger partial charge in [-0.1, -0.05) is 30.3 Å². The van der Waals surface area contributed by atoms with E-state index in [2.05, 4.69) is 4.98 Å². The summed E-state index contributed by atoms with van der Waals surface area (Å²) in [6.45, 7) is 0.416. The minimum atomic E-state index is -0.998. The molecule has 22 heavy (non-hydrogen) atoms. The number of ether oxygens (including phenoxy) is 2. The SMILES string of the molecule is COc1cc2[nH]c(C(=O)O)cc2cc1OCc1ccccc1. The highest BCUT2D eigenvalue weighted by Crippen LogP contribution is 2.33. The predicted octanol–water partition coefficient (Wildman–Crippen LogP) is 3.45. The number of fused-ring (bicyclic) bond motifs is 1. The molecule has 0 unspecified atom stereocenters. The van der Waals surface area contributed by atoms with E-state index >= 15 is 0 Å². The molecule has 0 aliphatic rings. The minimum absolute atomic E-state index is 0.136. The van der Waals surface area contributed by atoms with Crippen molar-refractivity contribution in [2.24, 2.45) is 0 Å². The molecule has 0 atom stereocenters. The molecule has 0 spiro atoms. The number of rotatable bonds is 5. The Labute approximate surface area is 127 Å². The second kappa shape index (κ2) is 5.81. The van der Waals surface area contributed by atoms with Gasteiger partial charge in [0.05, 0.1) is 12.6 Å². The Morgan fingerprint density at radius 3 is 2.59 bits per heavy atom. The van der Waals surface area contributed by atoms with Crippen molar-refractivity contribution in [1.29, 1.82) is 0 Å². The van der Waals surface area contributed by atoms with E-state index in [0.717, 1.165) is 10.9 Å². The molecular weight excluding hydrogens is 282 g/mol. The molecule has 0 saturated heterocycles. The first-order valence-electron chi connectivity index (χ1n) is 6.78. The highest BCUT2D eigenvalue weighted by atomic mass is 16.5. The van der Waals surface area contributed by atoms with E-state index in [1.54, 1.807) is 25.3 Å². The highest BCUT2D eigenvalue weighted by Gasteiger charge is 2.12. The summed E-state index contributed by atoms with van der Waals surface area (Å²) in [7, 11) is 1.55. The maximum absolute atomic E-state index is 11.0. The summed E-state index contributed by atoms with van der Waals surface area (Å²) in [5.41, 5.74) is 1.88. The fourth-order valence-electron chi connectivity index (χ4n) is 2.26. The van der Waals surface area contributed by atoms with Crippen molar-refractivity contribution in [2.45, 2.75) is 6.61 Å². The van der Waals surface area contributed by atoms with Gasteiger partial charge in [-0.2, -0.15) is 0 Å². The van der Waals surface area contributed by atoms with Crippen LogP contribution >= 0.6 is 0 Å². The van der Waals surface area contributed by atoms with Crippen LogP contribution in [0.25, 0.3) is 10.9 Å². The first-order valence-corrected chi connectivity index (χ1v) is 6.78. The molecule has 2 aromatic carbocycles. The number of methoxy groups -OCH3 is 1. The van der Waals surface area contributed by atoms with Gasteiger partial charge in [0.15, 0.2) is 11.5 Å². The number of carbonyl (C=O) groups is 1. The number of hydrogen-bond acceptors (Lipinski definition) is 3. The van der Waals surface area contributed by atoms with Gasteiger partial charge in [-0.25, -0.2) is 4.79 Å². The fraction of sp³-hybridized carbons (Fsp3) is 0.118. The summed E-state index contributed by atoms with van der Waals surface area (Å²) in [5.74, 6) is 0.138. The second-order valence-electron chi connectivity index (χ2n) is 4.85. The molecule has 0 bridgehead atoms. The largest absolute Gasteiger partial charge is 0.493 e. The molecular formula is C17H15NO4. The highest BCUT2D eigenvalue weighted by molar-refractivity contribution is 5.94. The molecule has 5 nitrogen and oxygen atoms in total. The first-order chi connectivity index (χ1) is 10.7. The third-order valence-electron chi connectivity index (χ3n) is 3.37. The normalized spacial score (nSPS) is 10.6. The van der Waals surface area contributed by atoms with Crippen LogP contribution in [0.2, 0.25) is 0 Å². The van der Waals surface area contributed by atoms with Crippen LogP contribution in [0.15, 0.2) is 48.5 Å². The number of aromatic carboxylic acids is 1. The number of aromatic nitrogens is 1. The molecule has 1 aromatic heterocycles. The Hall–Kier alpha value is -2.95. The first kappa shape index (κ1) is 14.0. The quantitative estimate of drug-likeness (QED) is 0.756. The molecule has 3 rings (SSSR count). The van der Waals surface area contributed by atoms with E-state index in [1.165, 1.54) is 0 Å². The van der Waals surface area contributed by atoms with E-state index in [4.69, 9.17) is 14.6 Å². The standard InChI is InChI=1S/C17H15NO4/c1-21-15-9-13-12(7-14(18-13)17(19)20)8-16(15)22-10-11-5-3-2-4-6-11/h2-9,18H,10H2,1H3,(H,19,20). The molecule has 0 radical (unpaired) electrons. The van der Waals surface area contributed by atoms with Gasteiger partial charge in [0, 0.05) is 11.5 Å². The molecule has 0 fully saturated rings. The predicted molar refractivity (Wildman–Crippen MR) is 82.6 cm³/mol. The Kier molecular flexibility index (Phi) is 3.70. The summed E-state index contributed by atoms with van der Waals surface area (Å²) < 4.78 is 11.1. The third kappa shape index (κ3) is 2.74. The zero-order valence-corrected chi connectivity index (χ0v) is 12.0. The summed E-state index contributed by atoms with van der Waals surface area (Å²) in [4.78, 5) is 13.9. The number of carboxylic acids is 1. The van der Waals surface area contributed by atoms with Crippen LogP contribution in [0.5, 0.6) is 11.5 Å². The summed E-state index contributed by atoms with van der Waals surface area (Å²) in [6.07, 6.45) is 0. The van der Waals surface area contributed by atoms with E-state index < -0.39 is 5.97 Å². The van der Waals surface area contributed by atoms with Crippen LogP contribution in [0.1, 0.15) is 16.1 Å². The summed E-state index contributed by atoms with van der Waals surface area (Å²) in [6, 6.07) is 14.9. The average molecular weight is 297 g/mol. The molecule has 0 amide bonds. The minimum Gasteiger partial charge on any atom is -0.493 e. The van der Waals surface area contributed by atoms with Crippen molar-refractivity contribution >= 4 is 16.9 Å². The van der Waals surface area contributed by atoms with Crippen LogP contribution in [-0.2, 0) is 6.61 Å². The summed E-state index contributed by atoms with van der Waals surface area (Å²) in [5, 5.41) is 9.81. The number of carboxylic acid groups (broad SMARTS) is 1. The fourth-order valence-corrected chi connectivity index (χ4v) is 2.26. The number of hydrogen-bond donors (Lipinski definition) is 2. The van der Waals surface area contributed by atoms with Crippen molar-refractivity contribution in [3.05, 3.63) is 59.8 Å². The number of aromatic amines is 1. The Bertz CT molecular complexity index is 808. The van der Waals surface area contributed by atoms with Gasteiger partial charge in [-0.15, -0.1) is 0 Å². The van der Waals surface area contributed by atoms with Crippen molar-refractivity contribution in [1.82, 2.24) is 4.98 Å². The number of nitrogens with one attached hydrogen (secondary N) is 1. The lowest BCUT2D eigenvalue weighted by Crippen LogP contribution is -1.97. The average Bonchev–Trinajstić information content (AvgIpc) is 2.96. The van der Waals surface area contributed by atoms with Crippen molar-refractivity contribution in [3.63, 3.8) is 0 Å². The molecule has 0 saturated carbocycles. The van der Waals surface area contributed by atoms with Gasteiger partial charge in [0.1, 0.15) is 12.3 Å². The van der Waals surface area contributed by atoms with Crippen LogP contribution in [0.3, 0.4) is 0 Å². The zero-order valence-electron chi connectivity index (χ0n) is 12.0. The number of H-pyrrole nitrogens is 1. The molecule has 0 aliphatic heterocycles. The monoisotopic (exact) mass is 297 g/mol. The molecule has 5 heteroatoms. The Balaban J connectivity index is 1.92. The van der Waals surface area contributed by atoms with Crippen LogP contribution in [0, 0.1) is 0 Å². The van der Waals surface area contributed by atoms with Gasteiger partial charge in [0.2, 0.25) is 0 Å². The Morgan fingerprint density at radius 1 is 1.14 bits per heavy atom. The molecule has 3 aromatic rings. The van der Waals surface area contributed by atoms with Gasteiger partial charge >= 0.3 is 5.97 Å². The Morgan fingerprint density at radius 2 is 1.91 bits per heavy atom. The van der Waals surface area contributed by atoms with E-state index in [1.807, 2.05) is 30.3 Å². The third-order valence-corrected chi connectivity index (χ3v) is 3.37. The molecule has 112 valence electrons. The maximum Gasteiger partial charge on any atom is 0.352 e. The zero-order chi connectivity index (χ0) is 15.5. The van der Waals surface area contributed by atoms with Gasteiger partial charge in [-0.05, 0) is 17.7 Å². The van der Waals surface area contributed by atoms with Crippen molar-refractivity contribution in [3.8, 4) is 11.5 Å². The van der Waals surface area contributed by atoms with Crippen molar-refractivity contribution in [2.75, 3.05) is 7.11 Å². The smallest absolute Gasteiger partial charge is 0.352 e. The number of benzene rings is 2. The topological polar surface area (TPSA) is 71.6 Å². The van der Waals surface area contributed by atoms with E-state index in [0.29, 0.717) is 23.6 Å². The summed E-state index contributed by atoms with van der Waals surface area (Å²) >= 11 is 0. The molecule has 1 heterocycles. The van der Waals surface area contributed by atoms with Crippen LogP contribution < -0.4 is 9.47 Å². The molecule has 0 aliphatic carbocycles. The van der Waals surface area contributed by atoms with Gasteiger partial charge < -0.3 is 19.6 Å². The second-order valence-corrected chi connectivity index (χ2v) is 4.85. The lowest BCUT2D eigenvalue weighted by atomic mass is 10.2. The lowest BCUT2D eigenvalue weighted by Gasteiger charge is -2.11. The van der Waals surface area contributed by atoms with E-state index in [9.17, 15) is 4.79 Å².